The van der Waals surface area contributed by atoms with E-state index in [0.29, 0.717) is 0 Å². The minimum Gasteiger partial charge on any atom is -0.486 e. The molecule has 0 aliphatic carbocycles. The Morgan fingerprint density at radius 3 is 2.58 bits per heavy atom. The number of hydrogen-bond donors (Lipinski definition) is 0. The molecule has 0 saturated carbocycles. The smallest absolute Gasteiger partial charge is 0.147 e. The van der Waals surface area contributed by atoms with E-state index in [4.69, 9.17) is 16.3 Å². The van der Waals surface area contributed by atoms with Crippen LogP contribution in [0.5, 0.6) is 5.75 Å². The molecule has 2 nitrogen and oxygen atoms in total. The number of nitrogens with zero attached hydrogens (tertiary/aromatic N) is 1. The molecule has 2 aromatic carbocycles. The Morgan fingerprint density at radius 1 is 1.21 bits per heavy atom. The highest BCUT2D eigenvalue weighted by atomic mass is 35.5. The molecule has 1 unspecified atom stereocenters. The lowest BCUT2D eigenvalue weighted by atomic mass is 9.90. The summed E-state index contributed by atoms with van der Waals surface area (Å²) in [5.74, 6) is 1.06. The molecule has 1 aromatic heterocycles. The highest BCUT2D eigenvalue weighted by Crippen LogP contribution is 2.45. The highest BCUT2D eigenvalue weighted by Gasteiger charge is 2.27. The standard InChI is InChI=1S/C21H22ClNO/c1-5-17-14(4)21-20-18(10-12(2)23(20)11-13(3)24-21)19(17)15-6-8-16(22)9-7-15/h6-10,13H,5,11H2,1-4H3. The predicted octanol–water partition coefficient (Wildman–Crippen LogP) is 5.92. The normalized spacial score (nSPS) is 16.5. The van der Waals surface area contributed by atoms with E-state index in [2.05, 4.69) is 50.5 Å². The molecule has 1 atom stereocenters. The number of hydrogen-bond acceptors (Lipinski definition) is 1. The molecular weight excluding hydrogens is 318 g/mol. The molecule has 0 fully saturated rings. The second-order valence-electron chi connectivity index (χ2n) is 6.76. The maximum absolute atomic E-state index is 6.26. The van der Waals surface area contributed by atoms with Crippen molar-refractivity contribution >= 4 is 22.5 Å². The van der Waals surface area contributed by atoms with Gasteiger partial charge in [-0.15, -0.1) is 0 Å². The summed E-state index contributed by atoms with van der Waals surface area (Å²) in [7, 11) is 0. The van der Waals surface area contributed by atoms with Gasteiger partial charge in [-0.05, 0) is 67.6 Å². The molecule has 4 rings (SSSR count). The Balaban J connectivity index is 2.13. The van der Waals surface area contributed by atoms with Gasteiger partial charge in [0.15, 0.2) is 0 Å². The Morgan fingerprint density at radius 2 is 1.92 bits per heavy atom. The molecule has 24 heavy (non-hydrogen) atoms. The highest BCUT2D eigenvalue weighted by molar-refractivity contribution is 6.30. The number of ether oxygens (including phenoxy) is 1. The lowest BCUT2D eigenvalue weighted by molar-refractivity contribution is 0.187. The van der Waals surface area contributed by atoms with Crippen molar-refractivity contribution in [3.63, 3.8) is 0 Å². The van der Waals surface area contributed by atoms with Gasteiger partial charge >= 0.3 is 0 Å². The fourth-order valence-electron chi connectivity index (χ4n) is 4.04. The fourth-order valence-corrected chi connectivity index (χ4v) is 4.17. The number of benzene rings is 2. The summed E-state index contributed by atoms with van der Waals surface area (Å²) in [5.41, 5.74) is 7.72. The van der Waals surface area contributed by atoms with Gasteiger partial charge in [0, 0.05) is 16.1 Å². The quantitative estimate of drug-likeness (QED) is 0.565. The van der Waals surface area contributed by atoms with E-state index in [1.54, 1.807) is 0 Å². The van der Waals surface area contributed by atoms with Crippen molar-refractivity contribution in [2.45, 2.75) is 46.8 Å². The molecule has 0 spiro atoms. The Bertz CT molecular complexity index is 937. The third kappa shape index (κ3) is 2.16. The van der Waals surface area contributed by atoms with E-state index in [9.17, 15) is 0 Å². The van der Waals surface area contributed by atoms with Crippen molar-refractivity contribution in [1.29, 1.82) is 0 Å². The van der Waals surface area contributed by atoms with Crippen LogP contribution < -0.4 is 4.74 Å². The van der Waals surface area contributed by atoms with Crippen LogP contribution in [0.15, 0.2) is 30.3 Å². The summed E-state index contributed by atoms with van der Waals surface area (Å²) in [4.78, 5) is 0. The average Bonchev–Trinajstić information content (AvgIpc) is 2.88. The van der Waals surface area contributed by atoms with Crippen LogP contribution in [0.2, 0.25) is 5.02 Å². The van der Waals surface area contributed by atoms with Crippen LogP contribution in [0.1, 0.15) is 30.7 Å². The van der Waals surface area contributed by atoms with Gasteiger partial charge in [0.2, 0.25) is 0 Å². The zero-order chi connectivity index (χ0) is 17.0. The molecule has 2 heterocycles. The van der Waals surface area contributed by atoms with Gasteiger partial charge in [0.25, 0.3) is 0 Å². The summed E-state index contributed by atoms with van der Waals surface area (Å²) >= 11 is 6.10. The van der Waals surface area contributed by atoms with Crippen LogP contribution in [0.3, 0.4) is 0 Å². The van der Waals surface area contributed by atoms with E-state index in [1.165, 1.54) is 38.9 Å². The Kier molecular flexibility index (Phi) is 3.61. The lowest BCUT2D eigenvalue weighted by Crippen LogP contribution is -2.25. The SMILES string of the molecule is CCc1c(C)c2c3c(cc(C)n3CC(C)O2)c1-c1ccc(Cl)cc1. The van der Waals surface area contributed by atoms with E-state index in [0.717, 1.165) is 23.7 Å². The first-order valence-corrected chi connectivity index (χ1v) is 8.97. The summed E-state index contributed by atoms with van der Waals surface area (Å²) in [5, 5.41) is 2.06. The van der Waals surface area contributed by atoms with Crippen molar-refractivity contribution < 1.29 is 4.74 Å². The first-order valence-electron chi connectivity index (χ1n) is 8.59. The van der Waals surface area contributed by atoms with E-state index >= 15 is 0 Å². The zero-order valence-corrected chi connectivity index (χ0v) is 15.4. The lowest BCUT2D eigenvalue weighted by Gasteiger charge is -2.28. The molecule has 0 amide bonds. The molecular formula is C21H22ClNO. The largest absolute Gasteiger partial charge is 0.486 e. The minimum atomic E-state index is 0.205. The monoisotopic (exact) mass is 339 g/mol. The summed E-state index contributed by atoms with van der Waals surface area (Å²) in [6.45, 7) is 9.66. The second kappa shape index (κ2) is 5.56. The van der Waals surface area contributed by atoms with Gasteiger partial charge in [-0.2, -0.15) is 0 Å². The molecule has 0 N–H and O–H groups in total. The van der Waals surface area contributed by atoms with Gasteiger partial charge in [0.05, 0.1) is 12.1 Å². The van der Waals surface area contributed by atoms with Crippen molar-refractivity contribution in [3.05, 3.63) is 52.2 Å². The Hall–Kier alpha value is -1.93. The van der Waals surface area contributed by atoms with Crippen LogP contribution in [0, 0.1) is 13.8 Å². The zero-order valence-electron chi connectivity index (χ0n) is 14.6. The van der Waals surface area contributed by atoms with Gasteiger partial charge in [-0.25, -0.2) is 0 Å². The van der Waals surface area contributed by atoms with Crippen molar-refractivity contribution in [2.75, 3.05) is 0 Å². The third-order valence-electron chi connectivity index (χ3n) is 5.13. The topological polar surface area (TPSA) is 14.2 Å². The van der Waals surface area contributed by atoms with Crippen molar-refractivity contribution in [3.8, 4) is 16.9 Å². The van der Waals surface area contributed by atoms with Crippen molar-refractivity contribution in [2.24, 2.45) is 0 Å². The molecule has 3 aromatic rings. The van der Waals surface area contributed by atoms with Gasteiger partial charge < -0.3 is 9.30 Å². The summed E-state index contributed by atoms with van der Waals surface area (Å²) in [6, 6.07) is 10.5. The van der Waals surface area contributed by atoms with E-state index in [1.807, 2.05) is 12.1 Å². The maximum Gasteiger partial charge on any atom is 0.147 e. The number of halogens is 1. The van der Waals surface area contributed by atoms with E-state index < -0.39 is 0 Å². The summed E-state index contributed by atoms with van der Waals surface area (Å²) in [6.07, 6.45) is 1.19. The fraction of sp³-hybridized carbons (Fsp3) is 0.333. The molecule has 0 saturated heterocycles. The van der Waals surface area contributed by atoms with Crippen LogP contribution in [0.4, 0.5) is 0 Å². The molecule has 0 radical (unpaired) electrons. The minimum absolute atomic E-state index is 0.205. The van der Waals surface area contributed by atoms with E-state index in [-0.39, 0.29) is 6.10 Å². The number of aromatic nitrogens is 1. The maximum atomic E-state index is 6.26. The molecule has 3 heteroatoms. The molecule has 1 aliphatic rings. The molecule has 0 bridgehead atoms. The third-order valence-corrected chi connectivity index (χ3v) is 5.38. The Labute approximate surface area is 148 Å². The van der Waals surface area contributed by atoms with Crippen LogP contribution >= 0.6 is 11.6 Å². The molecule has 124 valence electrons. The first-order chi connectivity index (χ1) is 11.5. The first kappa shape index (κ1) is 15.6. The molecule has 1 aliphatic heterocycles. The van der Waals surface area contributed by atoms with Crippen molar-refractivity contribution in [1.82, 2.24) is 4.57 Å². The number of rotatable bonds is 2. The second-order valence-corrected chi connectivity index (χ2v) is 7.19. The van der Waals surface area contributed by atoms with Crippen LogP contribution in [0.25, 0.3) is 22.0 Å². The van der Waals surface area contributed by atoms with Gasteiger partial charge in [-0.3, -0.25) is 0 Å². The van der Waals surface area contributed by atoms with Crippen LogP contribution in [-0.2, 0) is 13.0 Å². The summed E-state index contributed by atoms with van der Waals surface area (Å²) < 4.78 is 8.67. The number of aryl methyl sites for hydroxylation is 1. The van der Waals surface area contributed by atoms with Gasteiger partial charge in [-0.1, -0.05) is 30.7 Å². The van der Waals surface area contributed by atoms with Crippen LogP contribution in [-0.4, -0.2) is 10.7 Å². The average molecular weight is 340 g/mol. The van der Waals surface area contributed by atoms with Gasteiger partial charge in [0.1, 0.15) is 11.9 Å². The predicted molar refractivity (Wildman–Crippen MR) is 101 cm³/mol.